The predicted molar refractivity (Wildman–Crippen MR) is 99.9 cm³/mol. The second-order valence-electron chi connectivity index (χ2n) is 6.21. The van der Waals surface area contributed by atoms with Crippen LogP contribution in [0, 0.1) is 12.8 Å². The van der Waals surface area contributed by atoms with Crippen LogP contribution in [-0.4, -0.2) is 11.6 Å². The quantitative estimate of drug-likeness (QED) is 0.475. The lowest BCUT2D eigenvalue weighted by molar-refractivity contribution is 0.0806. The summed E-state index contributed by atoms with van der Waals surface area (Å²) in [6.07, 6.45) is 0.406. The third-order valence-electron chi connectivity index (χ3n) is 4.27. The van der Waals surface area contributed by atoms with E-state index in [1.165, 1.54) is 0 Å². The van der Waals surface area contributed by atoms with Crippen molar-refractivity contribution in [2.24, 2.45) is 5.92 Å². The van der Waals surface area contributed by atoms with Gasteiger partial charge in [0, 0.05) is 11.1 Å². The van der Waals surface area contributed by atoms with Crippen molar-refractivity contribution in [2.75, 3.05) is 0 Å². The minimum atomic E-state index is -0.716. The Labute approximate surface area is 148 Å². The molecule has 3 rings (SSSR count). The van der Waals surface area contributed by atoms with E-state index in [9.17, 15) is 9.59 Å². The molecule has 2 heteroatoms. The molecule has 0 N–H and O–H groups in total. The molecule has 0 spiro atoms. The van der Waals surface area contributed by atoms with Crippen LogP contribution in [0.1, 0.15) is 31.8 Å². The fraction of sp³-hybridized carbons (Fsp3) is 0.130. The van der Waals surface area contributed by atoms with Gasteiger partial charge in [-0.2, -0.15) is 0 Å². The molecule has 0 atom stereocenters. The molecule has 0 saturated heterocycles. The average Bonchev–Trinajstić information content (AvgIpc) is 2.66. The van der Waals surface area contributed by atoms with Crippen LogP contribution in [0.4, 0.5) is 0 Å². The fourth-order valence-electron chi connectivity index (χ4n) is 2.99. The summed E-state index contributed by atoms with van der Waals surface area (Å²) in [5, 5.41) is 0. The van der Waals surface area contributed by atoms with E-state index >= 15 is 0 Å². The highest BCUT2D eigenvalue weighted by Crippen LogP contribution is 2.20. The van der Waals surface area contributed by atoms with E-state index in [4.69, 9.17) is 0 Å². The highest BCUT2D eigenvalue weighted by atomic mass is 16.2. The first-order chi connectivity index (χ1) is 12.1. The van der Waals surface area contributed by atoms with Crippen LogP contribution in [0.15, 0.2) is 84.9 Å². The third kappa shape index (κ3) is 4.10. The molecule has 124 valence electrons. The number of aryl methyl sites for hydroxylation is 1. The molecule has 0 amide bonds. The number of carbonyl (C=O) groups is 2. The van der Waals surface area contributed by atoms with E-state index in [1.54, 1.807) is 24.3 Å². The summed E-state index contributed by atoms with van der Waals surface area (Å²) < 4.78 is 0. The first kappa shape index (κ1) is 16.8. The minimum Gasteiger partial charge on any atom is -0.293 e. The maximum atomic E-state index is 13.0. The van der Waals surface area contributed by atoms with Crippen LogP contribution < -0.4 is 0 Å². The number of carbonyl (C=O) groups excluding carboxylic acids is 2. The molecule has 0 unspecified atom stereocenters. The molecule has 0 heterocycles. The van der Waals surface area contributed by atoms with Gasteiger partial charge in [0.25, 0.3) is 0 Å². The Hall–Kier alpha value is -3.00. The topological polar surface area (TPSA) is 34.1 Å². The number of Topliss-reactive ketones (excluding diaryl/α,β-unsaturated/α-hetero) is 2. The zero-order valence-electron chi connectivity index (χ0n) is 14.2. The Morgan fingerprint density at radius 3 is 1.72 bits per heavy atom. The van der Waals surface area contributed by atoms with Gasteiger partial charge in [-0.05, 0) is 18.9 Å². The monoisotopic (exact) mass is 328 g/mol. The van der Waals surface area contributed by atoms with Crippen LogP contribution in [0.5, 0.6) is 0 Å². The van der Waals surface area contributed by atoms with Crippen LogP contribution in [-0.2, 0) is 6.42 Å². The second kappa shape index (κ2) is 7.71. The van der Waals surface area contributed by atoms with E-state index in [1.807, 2.05) is 67.6 Å². The van der Waals surface area contributed by atoms with Crippen molar-refractivity contribution in [1.82, 2.24) is 0 Å². The van der Waals surface area contributed by atoms with Gasteiger partial charge in [-0.1, -0.05) is 90.5 Å². The molecule has 2 nitrogen and oxygen atoms in total. The lowest BCUT2D eigenvalue weighted by Gasteiger charge is -2.16. The molecule has 0 saturated carbocycles. The maximum absolute atomic E-state index is 13.0. The van der Waals surface area contributed by atoms with E-state index < -0.39 is 5.92 Å². The minimum absolute atomic E-state index is 0.129. The van der Waals surface area contributed by atoms with E-state index in [2.05, 4.69) is 0 Å². The smallest absolute Gasteiger partial charge is 0.174 e. The average molecular weight is 328 g/mol. The summed E-state index contributed by atoms with van der Waals surface area (Å²) in [7, 11) is 0. The van der Waals surface area contributed by atoms with Crippen molar-refractivity contribution in [1.29, 1.82) is 0 Å². The van der Waals surface area contributed by atoms with Gasteiger partial charge in [-0.15, -0.1) is 0 Å². The Balaban J connectivity index is 1.96. The molecule has 0 bridgehead atoms. The van der Waals surface area contributed by atoms with Crippen molar-refractivity contribution < 1.29 is 9.59 Å². The van der Waals surface area contributed by atoms with Gasteiger partial charge in [0.05, 0.1) is 5.92 Å². The van der Waals surface area contributed by atoms with E-state index in [-0.39, 0.29) is 11.6 Å². The Morgan fingerprint density at radius 2 is 1.24 bits per heavy atom. The van der Waals surface area contributed by atoms with Crippen LogP contribution in [0.25, 0.3) is 0 Å². The molecule has 25 heavy (non-hydrogen) atoms. The SMILES string of the molecule is Cc1cccc(CC(C(=O)c2ccccc2)C(=O)c2ccccc2)c1. The zero-order valence-corrected chi connectivity index (χ0v) is 14.2. The molecule has 0 radical (unpaired) electrons. The van der Waals surface area contributed by atoms with Crippen LogP contribution >= 0.6 is 0 Å². The Bertz CT molecular complexity index is 815. The molecular formula is C23H20O2. The summed E-state index contributed by atoms with van der Waals surface area (Å²) >= 11 is 0. The van der Waals surface area contributed by atoms with Crippen molar-refractivity contribution in [3.63, 3.8) is 0 Å². The summed E-state index contributed by atoms with van der Waals surface area (Å²) in [6, 6.07) is 26.1. The van der Waals surface area contributed by atoms with Gasteiger partial charge in [-0.3, -0.25) is 9.59 Å². The first-order valence-corrected chi connectivity index (χ1v) is 8.39. The van der Waals surface area contributed by atoms with Crippen molar-refractivity contribution in [2.45, 2.75) is 13.3 Å². The lowest BCUT2D eigenvalue weighted by Crippen LogP contribution is -2.26. The van der Waals surface area contributed by atoms with Crippen LogP contribution in [0.2, 0.25) is 0 Å². The van der Waals surface area contributed by atoms with Gasteiger partial charge in [0.2, 0.25) is 0 Å². The molecule has 0 aliphatic heterocycles. The number of ketones is 2. The lowest BCUT2D eigenvalue weighted by atomic mass is 9.85. The largest absolute Gasteiger partial charge is 0.293 e. The molecule has 0 fully saturated rings. The standard InChI is InChI=1S/C23H20O2/c1-17-9-8-10-18(15-17)16-21(22(24)19-11-4-2-5-12-19)23(25)20-13-6-3-7-14-20/h2-15,21H,16H2,1H3. The summed E-state index contributed by atoms with van der Waals surface area (Å²) in [5.41, 5.74) is 3.27. The predicted octanol–water partition coefficient (Wildman–Crippen LogP) is 4.92. The molecule has 0 aliphatic rings. The Kier molecular flexibility index (Phi) is 5.20. The van der Waals surface area contributed by atoms with Crippen LogP contribution in [0.3, 0.4) is 0 Å². The van der Waals surface area contributed by atoms with E-state index in [0.29, 0.717) is 17.5 Å². The number of benzene rings is 3. The van der Waals surface area contributed by atoms with Gasteiger partial charge in [0.1, 0.15) is 0 Å². The number of hydrogen-bond donors (Lipinski definition) is 0. The molecule has 0 aliphatic carbocycles. The number of rotatable bonds is 6. The molecule has 3 aromatic carbocycles. The summed E-state index contributed by atoms with van der Waals surface area (Å²) in [4.78, 5) is 26.1. The van der Waals surface area contributed by atoms with Gasteiger partial charge >= 0.3 is 0 Å². The highest BCUT2D eigenvalue weighted by Gasteiger charge is 2.28. The Morgan fingerprint density at radius 1 is 0.720 bits per heavy atom. The van der Waals surface area contributed by atoms with Gasteiger partial charge in [-0.25, -0.2) is 0 Å². The number of hydrogen-bond acceptors (Lipinski definition) is 2. The summed E-state index contributed by atoms with van der Waals surface area (Å²) in [5.74, 6) is -0.974. The van der Waals surface area contributed by atoms with Crippen molar-refractivity contribution >= 4 is 11.6 Å². The maximum Gasteiger partial charge on any atom is 0.174 e. The normalized spacial score (nSPS) is 10.6. The van der Waals surface area contributed by atoms with Gasteiger partial charge < -0.3 is 0 Å². The third-order valence-corrected chi connectivity index (χ3v) is 4.27. The molecule has 3 aromatic rings. The zero-order chi connectivity index (χ0) is 17.6. The van der Waals surface area contributed by atoms with Crippen molar-refractivity contribution in [3.05, 3.63) is 107 Å². The van der Waals surface area contributed by atoms with E-state index in [0.717, 1.165) is 11.1 Å². The molecule has 0 aromatic heterocycles. The van der Waals surface area contributed by atoms with Gasteiger partial charge in [0.15, 0.2) is 11.6 Å². The van der Waals surface area contributed by atoms with Crippen molar-refractivity contribution in [3.8, 4) is 0 Å². The first-order valence-electron chi connectivity index (χ1n) is 8.39. The fourth-order valence-corrected chi connectivity index (χ4v) is 2.99. The second-order valence-corrected chi connectivity index (χ2v) is 6.21. The summed E-state index contributed by atoms with van der Waals surface area (Å²) in [6.45, 7) is 2.01. The molecular weight excluding hydrogens is 308 g/mol. The highest BCUT2D eigenvalue weighted by molar-refractivity contribution is 6.16.